The molecule has 2 aliphatic rings. The van der Waals surface area contributed by atoms with Gasteiger partial charge in [-0.3, -0.25) is 14.4 Å². The van der Waals surface area contributed by atoms with Crippen LogP contribution in [0, 0.1) is 0 Å². The minimum absolute atomic E-state index is 0.0458. The van der Waals surface area contributed by atoms with Crippen LogP contribution in [-0.4, -0.2) is 49.0 Å². The van der Waals surface area contributed by atoms with Gasteiger partial charge in [0.15, 0.2) is 0 Å². The molecule has 0 atom stereocenters. The van der Waals surface area contributed by atoms with Crippen LogP contribution in [0.25, 0.3) is 17.2 Å². The molecule has 3 aromatic rings. The molecule has 0 unspecified atom stereocenters. The smallest absolute Gasteiger partial charge is 0.336 e. The first-order chi connectivity index (χ1) is 25.2. The molecule has 1 saturated carbocycles. The maximum Gasteiger partial charge on any atom is 0.336 e. The highest BCUT2D eigenvalue weighted by atomic mass is 16.5. The summed E-state index contributed by atoms with van der Waals surface area (Å²) in [5.41, 5.74) is 3.20. The highest BCUT2D eigenvalue weighted by molar-refractivity contribution is 6.28. The molecule has 3 aromatic carbocycles. The highest BCUT2D eigenvalue weighted by Gasteiger charge is 2.25. The molecule has 1 heterocycles. The fourth-order valence-electron chi connectivity index (χ4n) is 5.83. The topological polar surface area (TPSA) is 126 Å². The van der Waals surface area contributed by atoms with Crippen LogP contribution in [0.4, 0.5) is 5.69 Å². The molecule has 10 nitrogen and oxygen atoms in total. The molecule has 0 aromatic heterocycles. The normalized spacial score (nSPS) is 14.4. The maximum absolute atomic E-state index is 12.4. The fraction of sp³-hybridized carbons (Fsp3) is 0.310. The van der Waals surface area contributed by atoms with Crippen molar-refractivity contribution in [3.05, 3.63) is 109 Å². The fourth-order valence-corrected chi connectivity index (χ4v) is 5.83. The number of nitrogens with zero attached hydrogens (tertiary/aromatic N) is 1. The second-order valence-electron chi connectivity index (χ2n) is 12.7. The maximum atomic E-state index is 12.4. The molecule has 0 saturated heterocycles. The average Bonchev–Trinajstić information content (AvgIpc) is 3.49. The van der Waals surface area contributed by atoms with Crippen molar-refractivity contribution in [3.8, 4) is 22.6 Å². The third-order valence-electron chi connectivity index (χ3n) is 8.67. The first kappa shape index (κ1) is 37.5. The van der Waals surface area contributed by atoms with E-state index in [9.17, 15) is 24.0 Å². The molecule has 1 aliphatic heterocycles. The second-order valence-corrected chi connectivity index (χ2v) is 12.7. The van der Waals surface area contributed by atoms with Crippen LogP contribution < -0.4 is 14.4 Å². The van der Waals surface area contributed by atoms with Gasteiger partial charge in [-0.15, -0.1) is 0 Å². The lowest BCUT2D eigenvalue weighted by Crippen LogP contribution is -2.29. The van der Waals surface area contributed by atoms with Crippen LogP contribution in [0.3, 0.4) is 0 Å². The minimum atomic E-state index is -0.553. The number of hydrogen-bond acceptors (Lipinski definition) is 9. The van der Waals surface area contributed by atoms with Crippen molar-refractivity contribution in [2.24, 2.45) is 0 Å². The van der Waals surface area contributed by atoms with Crippen LogP contribution in [0.2, 0.25) is 0 Å². The predicted molar refractivity (Wildman–Crippen MR) is 196 cm³/mol. The van der Waals surface area contributed by atoms with Gasteiger partial charge in [0.1, 0.15) is 17.6 Å². The third kappa shape index (κ3) is 11.4. The standard InChI is InChI=1S/C42H43NO9/c1-30(29-41(47)52-36-9-5-4-6-10-36)42(48)50-28-8-3-2-7-27-49-35-20-11-31(12-21-35)13-26-40(46)51-37-22-16-33(17-23-37)32-14-18-34(19-15-32)43-38(44)24-25-39(43)45/h11-26,36H,1-10,27-29H2/b26-13+. The van der Waals surface area contributed by atoms with E-state index in [0.29, 0.717) is 24.5 Å². The van der Waals surface area contributed by atoms with Crippen LogP contribution in [-0.2, 0) is 33.4 Å². The Morgan fingerprint density at radius 3 is 1.98 bits per heavy atom. The van der Waals surface area contributed by atoms with Gasteiger partial charge >= 0.3 is 17.9 Å². The molecule has 52 heavy (non-hydrogen) atoms. The van der Waals surface area contributed by atoms with Crippen LogP contribution in [0.15, 0.2) is 103 Å². The monoisotopic (exact) mass is 705 g/mol. The van der Waals surface area contributed by atoms with E-state index in [1.165, 1.54) is 24.6 Å². The Balaban J connectivity index is 0.926. The van der Waals surface area contributed by atoms with E-state index in [2.05, 4.69) is 6.58 Å². The van der Waals surface area contributed by atoms with Crippen LogP contribution in [0.5, 0.6) is 11.5 Å². The van der Waals surface area contributed by atoms with Gasteiger partial charge in [0.2, 0.25) is 0 Å². The molecule has 0 spiro atoms. The molecule has 0 N–H and O–H groups in total. The van der Waals surface area contributed by atoms with Crippen LogP contribution >= 0.6 is 0 Å². The number of unbranched alkanes of at least 4 members (excludes halogenated alkanes) is 3. The summed E-state index contributed by atoms with van der Waals surface area (Å²) in [6.07, 6.45) is 13.7. The zero-order chi connectivity index (χ0) is 36.7. The van der Waals surface area contributed by atoms with Crippen LogP contribution in [0.1, 0.15) is 69.8 Å². The number of imide groups is 1. The van der Waals surface area contributed by atoms with E-state index in [-0.39, 0.29) is 36.5 Å². The van der Waals surface area contributed by atoms with E-state index in [1.54, 1.807) is 30.3 Å². The number of esters is 3. The van der Waals surface area contributed by atoms with E-state index < -0.39 is 17.9 Å². The summed E-state index contributed by atoms with van der Waals surface area (Å²) in [7, 11) is 0. The molecular weight excluding hydrogens is 662 g/mol. The van der Waals surface area contributed by atoms with E-state index in [4.69, 9.17) is 18.9 Å². The second kappa shape index (κ2) is 19.0. The Morgan fingerprint density at radius 2 is 1.33 bits per heavy atom. The minimum Gasteiger partial charge on any atom is -0.494 e. The molecule has 0 radical (unpaired) electrons. The lowest BCUT2D eigenvalue weighted by molar-refractivity contribution is -0.151. The summed E-state index contributed by atoms with van der Waals surface area (Å²) in [5.74, 6) is -1.10. The van der Waals surface area contributed by atoms with Crippen molar-refractivity contribution in [3.63, 3.8) is 0 Å². The zero-order valence-electron chi connectivity index (χ0n) is 29.1. The van der Waals surface area contributed by atoms with Crippen molar-refractivity contribution < 1.29 is 42.9 Å². The van der Waals surface area contributed by atoms with Crippen molar-refractivity contribution in [2.75, 3.05) is 18.1 Å². The van der Waals surface area contributed by atoms with Gasteiger partial charge in [-0.2, -0.15) is 0 Å². The first-order valence-electron chi connectivity index (χ1n) is 17.7. The molecular formula is C42H43NO9. The van der Waals surface area contributed by atoms with E-state index in [0.717, 1.165) is 72.3 Å². The Morgan fingerprint density at radius 1 is 0.731 bits per heavy atom. The van der Waals surface area contributed by atoms with Gasteiger partial charge in [-0.05, 0) is 111 Å². The van der Waals surface area contributed by atoms with Gasteiger partial charge in [0.25, 0.3) is 11.8 Å². The molecule has 10 heteroatoms. The number of hydrogen-bond donors (Lipinski definition) is 0. The summed E-state index contributed by atoms with van der Waals surface area (Å²) >= 11 is 0. The SMILES string of the molecule is C=C(CC(=O)OC1CCCCC1)C(=O)OCCCCCCOc1ccc(/C=C/C(=O)Oc2ccc(-c3ccc(N4C(=O)C=CC4=O)cc3)cc2)cc1. The Bertz CT molecular complexity index is 1770. The lowest BCUT2D eigenvalue weighted by Gasteiger charge is -2.21. The van der Waals surface area contributed by atoms with Gasteiger partial charge in [-0.1, -0.05) is 49.4 Å². The van der Waals surface area contributed by atoms with Gasteiger partial charge in [0, 0.05) is 23.8 Å². The lowest BCUT2D eigenvalue weighted by atomic mass is 9.98. The largest absolute Gasteiger partial charge is 0.494 e. The van der Waals surface area contributed by atoms with Gasteiger partial charge in [-0.25, -0.2) is 14.5 Å². The number of carbonyl (C=O) groups excluding carboxylic acids is 5. The molecule has 2 amide bonds. The number of rotatable bonds is 17. The average molecular weight is 706 g/mol. The van der Waals surface area contributed by atoms with Crippen molar-refractivity contribution in [2.45, 2.75) is 70.3 Å². The molecule has 1 aliphatic carbocycles. The number of benzene rings is 3. The number of anilines is 1. The van der Waals surface area contributed by atoms with Crippen molar-refractivity contribution >= 4 is 41.5 Å². The Hall–Kier alpha value is -5.77. The van der Waals surface area contributed by atoms with Gasteiger partial charge < -0.3 is 18.9 Å². The summed E-state index contributed by atoms with van der Waals surface area (Å²) in [6, 6.07) is 21.5. The quantitative estimate of drug-likeness (QED) is 0.0457. The third-order valence-corrected chi connectivity index (χ3v) is 8.67. The van der Waals surface area contributed by atoms with Gasteiger partial charge in [0.05, 0.1) is 25.3 Å². The highest BCUT2D eigenvalue weighted by Crippen LogP contribution is 2.27. The number of ether oxygens (including phenoxy) is 4. The predicted octanol–water partition coefficient (Wildman–Crippen LogP) is 7.71. The first-order valence-corrected chi connectivity index (χ1v) is 17.7. The number of amides is 2. The van der Waals surface area contributed by atoms with E-state index in [1.807, 2.05) is 48.5 Å². The molecule has 5 rings (SSSR count). The number of carbonyl (C=O) groups is 5. The summed E-state index contributed by atoms with van der Waals surface area (Å²) < 4.78 is 22.0. The van der Waals surface area contributed by atoms with E-state index >= 15 is 0 Å². The Kier molecular flexibility index (Phi) is 13.7. The summed E-state index contributed by atoms with van der Waals surface area (Å²) in [4.78, 5) is 61.5. The van der Waals surface area contributed by atoms with Crippen molar-refractivity contribution in [1.82, 2.24) is 0 Å². The molecule has 0 bridgehead atoms. The zero-order valence-corrected chi connectivity index (χ0v) is 29.1. The molecule has 270 valence electrons. The summed E-state index contributed by atoms with van der Waals surface area (Å²) in [5, 5.41) is 0. The Labute approximate surface area is 303 Å². The van der Waals surface area contributed by atoms with Crippen molar-refractivity contribution in [1.29, 1.82) is 0 Å². The molecule has 1 fully saturated rings. The summed E-state index contributed by atoms with van der Waals surface area (Å²) in [6.45, 7) is 4.50.